The highest BCUT2D eigenvalue weighted by Gasteiger charge is 2.25. The molecule has 1 aliphatic rings. The summed E-state index contributed by atoms with van der Waals surface area (Å²) in [6.45, 7) is 4.75. The van der Waals surface area contributed by atoms with Gasteiger partial charge in [-0.25, -0.2) is 9.97 Å². The number of piperidine rings is 1. The summed E-state index contributed by atoms with van der Waals surface area (Å²) in [5.74, 6) is 1.06. The van der Waals surface area contributed by atoms with Crippen LogP contribution in [0.2, 0.25) is 0 Å². The summed E-state index contributed by atoms with van der Waals surface area (Å²) in [5.41, 5.74) is 3.25. The highest BCUT2D eigenvalue weighted by Crippen LogP contribution is 2.26. The summed E-state index contributed by atoms with van der Waals surface area (Å²) in [6, 6.07) is 16.0. The normalized spacial score (nSPS) is 13.9. The molecule has 4 aromatic rings. The Labute approximate surface area is 227 Å². The third-order valence-electron chi connectivity index (χ3n) is 6.92. The van der Waals surface area contributed by atoms with Crippen molar-refractivity contribution in [3.63, 3.8) is 0 Å². The molecule has 5 rings (SSSR count). The molecule has 202 valence electrons. The van der Waals surface area contributed by atoms with Crippen LogP contribution in [0.4, 0.5) is 5.82 Å². The first-order valence-electron chi connectivity index (χ1n) is 13.4. The van der Waals surface area contributed by atoms with Crippen molar-refractivity contribution in [2.75, 3.05) is 38.0 Å². The standard InChI is InChI=1S/C29H34N8O2/c1-20(38)31-15-16-33-27-24-19-25(34-28(24)36-26(35-27)22-5-3-2-4-6-22)29(39)37-17-10-23(11-18-37)32-14-9-21-7-12-30-13-8-21/h2-8,12-13,19,23,32H,9-11,14-18H2,1H3,(H,31,38)(H2,33,34,35,36). The van der Waals surface area contributed by atoms with Crippen LogP contribution in [-0.2, 0) is 11.2 Å². The van der Waals surface area contributed by atoms with Crippen LogP contribution >= 0.6 is 0 Å². The van der Waals surface area contributed by atoms with Crippen LogP contribution in [-0.4, -0.2) is 75.4 Å². The largest absolute Gasteiger partial charge is 0.368 e. The Kier molecular flexibility index (Phi) is 8.42. The van der Waals surface area contributed by atoms with E-state index < -0.39 is 0 Å². The van der Waals surface area contributed by atoms with Gasteiger partial charge in [0, 0.05) is 57.1 Å². The van der Waals surface area contributed by atoms with Gasteiger partial charge in [-0.2, -0.15) is 0 Å². The number of hydrogen-bond acceptors (Lipinski definition) is 7. The van der Waals surface area contributed by atoms with Gasteiger partial charge in [-0.15, -0.1) is 0 Å². The molecule has 0 atom stereocenters. The van der Waals surface area contributed by atoms with Crippen LogP contribution in [0, 0.1) is 0 Å². The van der Waals surface area contributed by atoms with E-state index in [2.05, 4.69) is 25.9 Å². The number of carbonyl (C=O) groups excluding carboxylic acids is 2. The lowest BCUT2D eigenvalue weighted by molar-refractivity contribution is -0.118. The molecular weight excluding hydrogens is 492 g/mol. The van der Waals surface area contributed by atoms with Crippen LogP contribution in [0.25, 0.3) is 22.4 Å². The second kappa shape index (κ2) is 12.5. The Morgan fingerprint density at radius 1 is 1.00 bits per heavy atom. The molecule has 4 N–H and O–H groups in total. The maximum atomic E-state index is 13.4. The van der Waals surface area contributed by atoms with E-state index in [1.807, 2.05) is 65.8 Å². The highest BCUT2D eigenvalue weighted by atomic mass is 16.2. The van der Waals surface area contributed by atoms with E-state index >= 15 is 0 Å². The number of amides is 2. The molecule has 1 aliphatic heterocycles. The summed E-state index contributed by atoms with van der Waals surface area (Å²) >= 11 is 0. The fourth-order valence-corrected chi connectivity index (χ4v) is 4.82. The van der Waals surface area contributed by atoms with Crippen molar-refractivity contribution in [3.8, 4) is 11.4 Å². The first kappa shape index (κ1) is 26.3. The maximum absolute atomic E-state index is 13.4. The molecule has 0 unspecified atom stereocenters. The van der Waals surface area contributed by atoms with Crippen LogP contribution in [0.1, 0.15) is 35.8 Å². The molecular formula is C29H34N8O2. The summed E-state index contributed by atoms with van der Waals surface area (Å²) in [4.78, 5) is 43.4. The quantitative estimate of drug-likeness (QED) is 0.234. The third kappa shape index (κ3) is 6.77. The van der Waals surface area contributed by atoms with Gasteiger partial charge in [-0.3, -0.25) is 14.6 Å². The number of aromatic nitrogens is 4. The van der Waals surface area contributed by atoms with Crippen molar-refractivity contribution >= 4 is 28.7 Å². The molecule has 1 aromatic carbocycles. The minimum absolute atomic E-state index is 0.0336. The van der Waals surface area contributed by atoms with Crippen molar-refractivity contribution in [2.24, 2.45) is 0 Å². The zero-order chi connectivity index (χ0) is 27.0. The average molecular weight is 527 g/mol. The second-order valence-corrected chi connectivity index (χ2v) is 9.74. The van der Waals surface area contributed by atoms with Crippen molar-refractivity contribution in [2.45, 2.75) is 32.2 Å². The number of anilines is 1. The molecule has 1 saturated heterocycles. The van der Waals surface area contributed by atoms with Crippen LogP contribution in [0.3, 0.4) is 0 Å². The molecule has 2 amide bonds. The molecule has 0 radical (unpaired) electrons. The Balaban J connectivity index is 1.25. The van der Waals surface area contributed by atoms with E-state index in [0.29, 0.717) is 55.2 Å². The number of fused-ring (bicyclic) bond motifs is 1. The smallest absolute Gasteiger partial charge is 0.270 e. The molecule has 10 heteroatoms. The van der Waals surface area contributed by atoms with Crippen LogP contribution in [0.5, 0.6) is 0 Å². The number of rotatable bonds is 10. The van der Waals surface area contributed by atoms with Gasteiger partial charge in [0.15, 0.2) is 5.82 Å². The summed E-state index contributed by atoms with van der Waals surface area (Å²) in [6.07, 6.45) is 6.43. The van der Waals surface area contributed by atoms with Crippen molar-refractivity contribution in [1.29, 1.82) is 0 Å². The zero-order valence-corrected chi connectivity index (χ0v) is 22.1. The summed E-state index contributed by atoms with van der Waals surface area (Å²) in [7, 11) is 0. The highest BCUT2D eigenvalue weighted by molar-refractivity contribution is 6.00. The van der Waals surface area contributed by atoms with Gasteiger partial charge < -0.3 is 25.8 Å². The molecule has 0 spiro atoms. The fourth-order valence-electron chi connectivity index (χ4n) is 4.82. The predicted molar refractivity (Wildman–Crippen MR) is 151 cm³/mol. The number of hydrogen-bond donors (Lipinski definition) is 4. The lowest BCUT2D eigenvalue weighted by Gasteiger charge is -2.32. The molecule has 0 aliphatic carbocycles. The summed E-state index contributed by atoms with van der Waals surface area (Å²) < 4.78 is 0. The minimum atomic E-state index is -0.0862. The number of H-pyrrole nitrogens is 1. The topological polar surface area (TPSA) is 128 Å². The first-order valence-corrected chi connectivity index (χ1v) is 13.4. The number of carbonyl (C=O) groups is 2. The fraction of sp³-hybridized carbons (Fsp3) is 0.345. The molecule has 1 fully saturated rings. The van der Waals surface area contributed by atoms with E-state index in [0.717, 1.165) is 36.8 Å². The van der Waals surface area contributed by atoms with Crippen LogP contribution < -0.4 is 16.0 Å². The Hall–Kier alpha value is -4.31. The first-order chi connectivity index (χ1) is 19.1. The lowest BCUT2D eigenvalue weighted by Crippen LogP contribution is -2.45. The number of likely N-dealkylation sites (tertiary alicyclic amines) is 1. The number of pyridine rings is 1. The van der Waals surface area contributed by atoms with Gasteiger partial charge in [0.25, 0.3) is 5.91 Å². The third-order valence-corrected chi connectivity index (χ3v) is 6.92. The number of benzene rings is 1. The lowest BCUT2D eigenvalue weighted by atomic mass is 10.0. The second-order valence-electron chi connectivity index (χ2n) is 9.74. The van der Waals surface area contributed by atoms with Gasteiger partial charge in [0.2, 0.25) is 5.91 Å². The predicted octanol–water partition coefficient (Wildman–Crippen LogP) is 3.00. The number of nitrogens with zero attached hydrogens (tertiary/aromatic N) is 4. The Bertz CT molecular complexity index is 1400. The molecule has 39 heavy (non-hydrogen) atoms. The van der Waals surface area contributed by atoms with E-state index in [9.17, 15) is 9.59 Å². The van der Waals surface area contributed by atoms with Crippen molar-refractivity contribution in [3.05, 3.63) is 72.2 Å². The van der Waals surface area contributed by atoms with Gasteiger partial charge in [0.1, 0.15) is 17.2 Å². The monoisotopic (exact) mass is 526 g/mol. The Morgan fingerprint density at radius 2 is 1.77 bits per heavy atom. The zero-order valence-electron chi connectivity index (χ0n) is 22.1. The molecule has 3 aromatic heterocycles. The molecule has 0 bridgehead atoms. The summed E-state index contributed by atoms with van der Waals surface area (Å²) in [5, 5.41) is 10.5. The van der Waals surface area contributed by atoms with E-state index in [1.165, 1.54) is 12.5 Å². The van der Waals surface area contributed by atoms with Crippen molar-refractivity contribution < 1.29 is 9.59 Å². The molecule has 4 heterocycles. The van der Waals surface area contributed by atoms with Gasteiger partial charge in [0.05, 0.1) is 5.39 Å². The van der Waals surface area contributed by atoms with Gasteiger partial charge in [-0.1, -0.05) is 30.3 Å². The minimum Gasteiger partial charge on any atom is -0.368 e. The van der Waals surface area contributed by atoms with E-state index in [1.54, 1.807) is 0 Å². The van der Waals surface area contributed by atoms with Gasteiger partial charge >= 0.3 is 0 Å². The van der Waals surface area contributed by atoms with E-state index in [-0.39, 0.29) is 11.8 Å². The number of nitrogens with one attached hydrogen (secondary N) is 4. The van der Waals surface area contributed by atoms with Gasteiger partial charge in [-0.05, 0) is 49.6 Å². The van der Waals surface area contributed by atoms with Crippen LogP contribution in [0.15, 0.2) is 60.9 Å². The SMILES string of the molecule is CC(=O)NCCNc1nc(-c2ccccc2)nc2[nH]c(C(=O)N3CCC(NCCc4ccncc4)CC3)cc12. The molecule has 0 saturated carbocycles. The average Bonchev–Trinajstić information content (AvgIpc) is 3.41. The molecule has 10 nitrogen and oxygen atoms in total. The Morgan fingerprint density at radius 3 is 2.51 bits per heavy atom. The number of aromatic amines is 1. The van der Waals surface area contributed by atoms with Crippen molar-refractivity contribution in [1.82, 2.24) is 35.5 Å². The van der Waals surface area contributed by atoms with E-state index in [4.69, 9.17) is 9.97 Å². The maximum Gasteiger partial charge on any atom is 0.270 e.